The topological polar surface area (TPSA) is 38.3 Å². The fourth-order valence-electron chi connectivity index (χ4n) is 3.32. The van der Waals surface area contributed by atoms with Gasteiger partial charge < -0.3 is 10.1 Å². The Bertz CT molecular complexity index is 498. The summed E-state index contributed by atoms with van der Waals surface area (Å²) >= 11 is 0. The molecule has 1 aliphatic carbocycles. The van der Waals surface area contributed by atoms with Crippen LogP contribution in [0.3, 0.4) is 0 Å². The second kappa shape index (κ2) is 8.21. The third kappa shape index (κ3) is 4.75. The molecule has 0 radical (unpaired) electrons. The standard InChI is InChI=1S/C19H29NO2/c1-14-7-4-5-9-18(14)20-19(21)10-6-8-16-11-12-17(22-3)13-15(16)2/h11-14,18H,4-10H2,1-3H3,(H,20,21)/t14-,18+/m0/s1. The highest BCUT2D eigenvalue weighted by Gasteiger charge is 2.22. The van der Waals surface area contributed by atoms with Crippen LogP contribution in [0.1, 0.15) is 56.6 Å². The van der Waals surface area contributed by atoms with Gasteiger partial charge in [0.25, 0.3) is 0 Å². The molecule has 1 aromatic carbocycles. The molecular formula is C19H29NO2. The smallest absolute Gasteiger partial charge is 0.220 e. The van der Waals surface area contributed by atoms with Crippen molar-refractivity contribution in [2.24, 2.45) is 5.92 Å². The molecule has 122 valence electrons. The van der Waals surface area contributed by atoms with E-state index < -0.39 is 0 Å². The number of hydrogen-bond acceptors (Lipinski definition) is 2. The van der Waals surface area contributed by atoms with Gasteiger partial charge in [-0.3, -0.25) is 4.79 Å². The highest BCUT2D eigenvalue weighted by atomic mass is 16.5. The van der Waals surface area contributed by atoms with Crippen LogP contribution in [0.25, 0.3) is 0 Å². The van der Waals surface area contributed by atoms with Crippen LogP contribution >= 0.6 is 0 Å². The van der Waals surface area contributed by atoms with E-state index in [2.05, 4.69) is 31.3 Å². The van der Waals surface area contributed by atoms with Gasteiger partial charge in [0.1, 0.15) is 5.75 Å². The molecule has 0 bridgehead atoms. The van der Waals surface area contributed by atoms with Gasteiger partial charge in [0, 0.05) is 12.5 Å². The van der Waals surface area contributed by atoms with Gasteiger partial charge in [-0.2, -0.15) is 0 Å². The monoisotopic (exact) mass is 303 g/mol. The molecule has 1 fully saturated rings. The van der Waals surface area contributed by atoms with Crippen LogP contribution in [-0.2, 0) is 11.2 Å². The lowest BCUT2D eigenvalue weighted by molar-refractivity contribution is -0.122. The van der Waals surface area contributed by atoms with Gasteiger partial charge in [-0.1, -0.05) is 25.8 Å². The average molecular weight is 303 g/mol. The Kier molecular flexibility index (Phi) is 6.29. The Morgan fingerprint density at radius 2 is 2.09 bits per heavy atom. The number of benzene rings is 1. The van der Waals surface area contributed by atoms with Crippen LogP contribution in [0, 0.1) is 12.8 Å². The summed E-state index contributed by atoms with van der Waals surface area (Å²) in [6.45, 7) is 4.35. The van der Waals surface area contributed by atoms with Gasteiger partial charge in [0.05, 0.1) is 7.11 Å². The third-order valence-electron chi connectivity index (χ3n) is 4.86. The van der Waals surface area contributed by atoms with Crippen molar-refractivity contribution in [1.29, 1.82) is 0 Å². The largest absolute Gasteiger partial charge is 0.497 e. The Morgan fingerprint density at radius 3 is 2.77 bits per heavy atom. The third-order valence-corrected chi connectivity index (χ3v) is 4.86. The van der Waals surface area contributed by atoms with Gasteiger partial charge >= 0.3 is 0 Å². The summed E-state index contributed by atoms with van der Waals surface area (Å²) in [5.74, 6) is 1.73. The van der Waals surface area contributed by atoms with Crippen molar-refractivity contribution < 1.29 is 9.53 Å². The van der Waals surface area contributed by atoms with E-state index in [1.54, 1.807) is 7.11 Å². The van der Waals surface area contributed by atoms with E-state index in [1.165, 1.54) is 30.4 Å². The number of amides is 1. The minimum absolute atomic E-state index is 0.213. The molecule has 0 unspecified atom stereocenters. The molecule has 1 amide bonds. The van der Waals surface area contributed by atoms with Crippen molar-refractivity contribution in [3.8, 4) is 5.75 Å². The van der Waals surface area contributed by atoms with Crippen LogP contribution in [0.4, 0.5) is 0 Å². The Morgan fingerprint density at radius 1 is 1.32 bits per heavy atom. The van der Waals surface area contributed by atoms with Crippen molar-refractivity contribution in [2.75, 3.05) is 7.11 Å². The van der Waals surface area contributed by atoms with E-state index >= 15 is 0 Å². The number of rotatable bonds is 6. The van der Waals surface area contributed by atoms with Crippen molar-refractivity contribution in [3.05, 3.63) is 29.3 Å². The van der Waals surface area contributed by atoms with E-state index in [-0.39, 0.29) is 5.91 Å². The lowest BCUT2D eigenvalue weighted by Crippen LogP contribution is -2.40. The molecule has 1 N–H and O–H groups in total. The first-order valence-corrected chi connectivity index (χ1v) is 8.53. The zero-order valence-electron chi connectivity index (χ0n) is 14.2. The molecule has 1 saturated carbocycles. The van der Waals surface area contributed by atoms with Crippen LogP contribution < -0.4 is 10.1 Å². The molecule has 3 heteroatoms. The number of carbonyl (C=O) groups excluding carboxylic acids is 1. The predicted octanol–water partition coefficient (Wildman–Crippen LogP) is 4.02. The molecule has 2 atom stereocenters. The minimum atomic E-state index is 0.213. The summed E-state index contributed by atoms with van der Waals surface area (Å²) < 4.78 is 5.22. The summed E-state index contributed by atoms with van der Waals surface area (Å²) in [4.78, 5) is 12.1. The number of nitrogens with one attached hydrogen (secondary N) is 1. The van der Waals surface area contributed by atoms with Gasteiger partial charge in [0.15, 0.2) is 0 Å². The van der Waals surface area contributed by atoms with E-state index in [4.69, 9.17) is 4.74 Å². The van der Waals surface area contributed by atoms with E-state index in [1.807, 2.05) is 6.07 Å². The lowest BCUT2D eigenvalue weighted by Gasteiger charge is -2.29. The van der Waals surface area contributed by atoms with Gasteiger partial charge in [0.2, 0.25) is 5.91 Å². The fraction of sp³-hybridized carbons (Fsp3) is 0.632. The van der Waals surface area contributed by atoms with Gasteiger partial charge in [-0.05, 0) is 61.8 Å². The molecule has 22 heavy (non-hydrogen) atoms. The molecule has 0 aliphatic heterocycles. The van der Waals surface area contributed by atoms with E-state index in [0.717, 1.165) is 25.0 Å². The highest BCUT2D eigenvalue weighted by molar-refractivity contribution is 5.76. The summed E-state index contributed by atoms with van der Waals surface area (Å²) in [5, 5.41) is 3.23. The summed E-state index contributed by atoms with van der Waals surface area (Å²) in [5.41, 5.74) is 2.54. The van der Waals surface area contributed by atoms with Crippen LogP contribution in [0.2, 0.25) is 0 Å². The quantitative estimate of drug-likeness (QED) is 0.862. The molecule has 0 spiro atoms. The fourth-order valence-corrected chi connectivity index (χ4v) is 3.32. The maximum Gasteiger partial charge on any atom is 0.220 e. The van der Waals surface area contributed by atoms with Gasteiger partial charge in [-0.15, -0.1) is 0 Å². The Balaban J connectivity index is 1.74. The lowest BCUT2D eigenvalue weighted by atomic mass is 9.86. The predicted molar refractivity (Wildman–Crippen MR) is 90.2 cm³/mol. The first-order valence-electron chi connectivity index (χ1n) is 8.53. The van der Waals surface area contributed by atoms with E-state index in [0.29, 0.717) is 18.4 Å². The van der Waals surface area contributed by atoms with E-state index in [9.17, 15) is 4.79 Å². The maximum absolute atomic E-state index is 12.1. The van der Waals surface area contributed by atoms with Crippen molar-refractivity contribution in [2.45, 2.75) is 64.8 Å². The number of hydrogen-bond donors (Lipinski definition) is 1. The zero-order valence-corrected chi connectivity index (χ0v) is 14.2. The van der Waals surface area contributed by atoms with Crippen LogP contribution in [-0.4, -0.2) is 19.1 Å². The first-order chi connectivity index (χ1) is 10.6. The molecular weight excluding hydrogens is 274 g/mol. The zero-order chi connectivity index (χ0) is 15.9. The second-order valence-corrected chi connectivity index (χ2v) is 6.58. The number of ether oxygens (including phenoxy) is 1. The molecule has 2 rings (SSSR count). The van der Waals surface area contributed by atoms with Crippen molar-refractivity contribution >= 4 is 5.91 Å². The number of carbonyl (C=O) groups is 1. The van der Waals surface area contributed by atoms with Crippen LogP contribution in [0.5, 0.6) is 5.75 Å². The molecule has 0 saturated heterocycles. The summed E-state index contributed by atoms with van der Waals surface area (Å²) in [6, 6.07) is 6.55. The minimum Gasteiger partial charge on any atom is -0.497 e. The molecule has 1 aromatic rings. The molecule has 1 aliphatic rings. The SMILES string of the molecule is COc1ccc(CCCC(=O)N[C@@H]2CCCC[C@@H]2C)c(C)c1. The summed E-state index contributed by atoms with van der Waals surface area (Å²) in [6.07, 6.45) is 7.42. The van der Waals surface area contributed by atoms with Gasteiger partial charge in [-0.25, -0.2) is 0 Å². The molecule has 0 heterocycles. The highest BCUT2D eigenvalue weighted by Crippen LogP contribution is 2.24. The van der Waals surface area contributed by atoms with Crippen LogP contribution in [0.15, 0.2) is 18.2 Å². The first kappa shape index (κ1) is 16.9. The Labute approximate surface area is 134 Å². The number of aryl methyl sites for hydroxylation is 2. The number of methoxy groups -OCH3 is 1. The maximum atomic E-state index is 12.1. The molecule has 3 nitrogen and oxygen atoms in total. The second-order valence-electron chi connectivity index (χ2n) is 6.58. The summed E-state index contributed by atoms with van der Waals surface area (Å²) in [7, 11) is 1.69. The average Bonchev–Trinajstić information content (AvgIpc) is 2.51. The Hall–Kier alpha value is -1.51. The van der Waals surface area contributed by atoms with Crippen molar-refractivity contribution in [1.82, 2.24) is 5.32 Å². The molecule has 0 aromatic heterocycles. The normalized spacial score (nSPS) is 21.4. The van der Waals surface area contributed by atoms with Crippen molar-refractivity contribution in [3.63, 3.8) is 0 Å².